The first-order valence-electron chi connectivity index (χ1n) is 7.19. The quantitative estimate of drug-likeness (QED) is 0.671. The van der Waals surface area contributed by atoms with Crippen molar-refractivity contribution in [2.24, 2.45) is 0 Å². The number of hydrogen-bond donors (Lipinski definition) is 2. The van der Waals surface area contributed by atoms with Gasteiger partial charge in [0.1, 0.15) is 5.82 Å². The van der Waals surface area contributed by atoms with Crippen molar-refractivity contribution in [2.75, 3.05) is 10.6 Å². The first-order chi connectivity index (χ1) is 11.6. The van der Waals surface area contributed by atoms with Crippen molar-refractivity contribution in [3.05, 3.63) is 77.3 Å². The van der Waals surface area contributed by atoms with Gasteiger partial charge in [0.05, 0.1) is 18.4 Å². The van der Waals surface area contributed by atoms with E-state index in [1.54, 1.807) is 23.0 Å². The van der Waals surface area contributed by atoms with Crippen LogP contribution in [0, 0.1) is 5.82 Å². The Kier molecular flexibility index (Phi) is 5.08. The van der Waals surface area contributed by atoms with Crippen LogP contribution >= 0.6 is 23.8 Å². The van der Waals surface area contributed by atoms with Crippen molar-refractivity contribution in [3.63, 3.8) is 0 Å². The molecule has 0 saturated heterocycles. The van der Waals surface area contributed by atoms with Gasteiger partial charge in [-0.3, -0.25) is 4.68 Å². The van der Waals surface area contributed by atoms with E-state index >= 15 is 0 Å². The predicted octanol–water partition coefficient (Wildman–Crippen LogP) is 4.53. The van der Waals surface area contributed by atoms with Gasteiger partial charge in [-0.15, -0.1) is 0 Å². The lowest BCUT2D eigenvalue weighted by Crippen LogP contribution is -2.18. The maximum atomic E-state index is 13.2. The van der Waals surface area contributed by atoms with Gasteiger partial charge < -0.3 is 10.6 Å². The number of benzene rings is 2. The lowest BCUT2D eigenvalue weighted by atomic mass is 10.2. The summed E-state index contributed by atoms with van der Waals surface area (Å²) in [5, 5.41) is 11.3. The lowest BCUT2D eigenvalue weighted by molar-refractivity contribution is 0.628. The first kappa shape index (κ1) is 16.4. The summed E-state index contributed by atoms with van der Waals surface area (Å²) in [6.07, 6.45) is 3.49. The summed E-state index contributed by atoms with van der Waals surface area (Å²) < 4.78 is 14.9. The number of halogens is 2. The Bertz CT molecular complexity index is 865. The minimum absolute atomic E-state index is 0.324. The molecular weight excluding hydrogens is 347 g/mol. The van der Waals surface area contributed by atoms with E-state index in [-0.39, 0.29) is 5.82 Å². The summed E-state index contributed by atoms with van der Waals surface area (Å²) in [6.45, 7) is 0.561. The van der Waals surface area contributed by atoms with Gasteiger partial charge in [-0.05, 0) is 42.0 Å². The number of thiocarbonyl (C=S) groups is 1. The molecular formula is C17H14ClFN4S. The summed E-state index contributed by atoms with van der Waals surface area (Å²) in [7, 11) is 0. The maximum absolute atomic E-state index is 13.2. The fourth-order valence-electron chi connectivity index (χ4n) is 2.18. The highest BCUT2D eigenvalue weighted by molar-refractivity contribution is 7.80. The Morgan fingerprint density at radius 1 is 1.12 bits per heavy atom. The van der Waals surface area contributed by atoms with Crippen LogP contribution in [0.25, 0.3) is 0 Å². The van der Waals surface area contributed by atoms with E-state index in [1.807, 2.05) is 30.5 Å². The van der Waals surface area contributed by atoms with E-state index in [4.69, 9.17) is 23.8 Å². The molecule has 0 aliphatic heterocycles. The Labute approximate surface area is 149 Å². The zero-order chi connectivity index (χ0) is 16.9. The monoisotopic (exact) mass is 360 g/mol. The molecule has 3 rings (SSSR count). The highest BCUT2D eigenvalue weighted by Crippen LogP contribution is 2.17. The molecule has 0 unspecified atom stereocenters. The van der Waals surface area contributed by atoms with Gasteiger partial charge in [0.2, 0.25) is 0 Å². The topological polar surface area (TPSA) is 41.9 Å². The third-order valence-corrected chi connectivity index (χ3v) is 3.84. The van der Waals surface area contributed by atoms with E-state index < -0.39 is 0 Å². The van der Waals surface area contributed by atoms with Gasteiger partial charge in [0, 0.05) is 16.9 Å². The second-order valence-corrected chi connectivity index (χ2v) is 5.92. The molecule has 7 heteroatoms. The van der Waals surface area contributed by atoms with E-state index in [2.05, 4.69) is 15.7 Å². The second-order valence-electron chi connectivity index (χ2n) is 5.11. The molecule has 0 saturated carbocycles. The van der Waals surface area contributed by atoms with Gasteiger partial charge in [-0.2, -0.15) is 5.10 Å². The van der Waals surface area contributed by atoms with E-state index in [0.717, 1.165) is 11.3 Å². The van der Waals surface area contributed by atoms with Crippen LogP contribution in [0.2, 0.25) is 5.02 Å². The molecule has 1 aromatic heterocycles. The predicted molar refractivity (Wildman–Crippen MR) is 99.0 cm³/mol. The van der Waals surface area contributed by atoms with Crippen molar-refractivity contribution >= 4 is 40.3 Å². The summed E-state index contributed by atoms with van der Waals surface area (Å²) in [6, 6.07) is 13.7. The minimum Gasteiger partial charge on any atom is -0.332 e. The van der Waals surface area contributed by atoms with Crippen LogP contribution in [0.5, 0.6) is 0 Å². The second kappa shape index (κ2) is 7.42. The standard InChI is InChI=1S/C17H14ClFN4S/c18-16-7-2-1-4-12(16)10-23-11-15(9-20-23)22-17(24)21-14-6-3-5-13(19)8-14/h1-9,11H,10H2,(H2,21,22,24). The van der Waals surface area contributed by atoms with Crippen LogP contribution in [0.4, 0.5) is 15.8 Å². The molecule has 0 spiro atoms. The highest BCUT2D eigenvalue weighted by Gasteiger charge is 2.05. The molecule has 0 atom stereocenters. The van der Waals surface area contributed by atoms with Crippen LogP contribution in [-0.2, 0) is 6.54 Å². The number of aromatic nitrogens is 2. The molecule has 0 amide bonds. The third kappa shape index (κ3) is 4.31. The maximum Gasteiger partial charge on any atom is 0.175 e. The van der Waals surface area contributed by atoms with Gasteiger partial charge in [-0.25, -0.2) is 4.39 Å². The van der Waals surface area contributed by atoms with Crippen LogP contribution in [0.3, 0.4) is 0 Å². The smallest absolute Gasteiger partial charge is 0.175 e. The molecule has 0 aliphatic rings. The summed E-state index contributed by atoms with van der Waals surface area (Å²) in [4.78, 5) is 0. The summed E-state index contributed by atoms with van der Waals surface area (Å²) >= 11 is 11.4. The number of hydrogen-bond acceptors (Lipinski definition) is 2. The molecule has 2 aromatic carbocycles. The Morgan fingerprint density at radius 2 is 1.92 bits per heavy atom. The molecule has 0 bridgehead atoms. The highest BCUT2D eigenvalue weighted by atomic mass is 35.5. The fourth-order valence-corrected chi connectivity index (χ4v) is 2.61. The molecule has 4 nitrogen and oxygen atoms in total. The molecule has 0 aliphatic carbocycles. The molecule has 1 heterocycles. The van der Waals surface area contributed by atoms with Crippen LogP contribution in [0.15, 0.2) is 60.9 Å². The normalized spacial score (nSPS) is 10.4. The average molecular weight is 361 g/mol. The van der Waals surface area contributed by atoms with Crippen LogP contribution in [-0.4, -0.2) is 14.9 Å². The van der Waals surface area contributed by atoms with Gasteiger partial charge in [-0.1, -0.05) is 35.9 Å². The third-order valence-electron chi connectivity index (χ3n) is 3.26. The van der Waals surface area contributed by atoms with Gasteiger partial charge in [0.25, 0.3) is 0 Å². The summed E-state index contributed by atoms with van der Waals surface area (Å²) in [5.74, 6) is -0.324. The molecule has 2 N–H and O–H groups in total. The van der Waals surface area contributed by atoms with Crippen LogP contribution < -0.4 is 10.6 Å². The van der Waals surface area contributed by atoms with E-state index in [1.165, 1.54) is 12.1 Å². The zero-order valence-electron chi connectivity index (χ0n) is 12.5. The van der Waals surface area contributed by atoms with Gasteiger partial charge in [0.15, 0.2) is 5.11 Å². The van der Waals surface area contributed by atoms with Crippen molar-refractivity contribution < 1.29 is 4.39 Å². The number of nitrogens with one attached hydrogen (secondary N) is 2. The van der Waals surface area contributed by atoms with Gasteiger partial charge >= 0.3 is 0 Å². The number of nitrogens with zero attached hydrogens (tertiary/aromatic N) is 2. The van der Waals surface area contributed by atoms with Crippen molar-refractivity contribution in [3.8, 4) is 0 Å². The van der Waals surface area contributed by atoms with Crippen molar-refractivity contribution in [2.45, 2.75) is 6.54 Å². The first-order valence-corrected chi connectivity index (χ1v) is 7.98. The molecule has 122 valence electrons. The van der Waals surface area contributed by atoms with Crippen molar-refractivity contribution in [1.29, 1.82) is 0 Å². The Balaban J connectivity index is 1.61. The minimum atomic E-state index is -0.324. The van der Waals surface area contributed by atoms with Crippen LogP contribution in [0.1, 0.15) is 5.56 Å². The zero-order valence-corrected chi connectivity index (χ0v) is 14.1. The fraction of sp³-hybridized carbons (Fsp3) is 0.0588. The summed E-state index contributed by atoms with van der Waals surface area (Å²) in [5.41, 5.74) is 2.29. The number of anilines is 2. The molecule has 0 radical (unpaired) electrons. The largest absolute Gasteiger partial charge is 0.332 e. The number of rotatable bonds is 4. The van der Waals surface area contributed by atoms with E-state index in [9.17, 15) is 4.39 Å². The Hall–Kier alpha value is -2.44. The molecule has 0 fully saturated rings. The SMILES string of the molecule is Fc1cccc(NC(=S)Nc2cnn(Cc3ccccc3Cl)c2)c1. The lowest BCUT2D eigenvalue weighted by Gasteiger charge is -2.08. The Morgan fingerprint density at radius 3 is 2.71 bits per heavy atom. The van der Waals surface area contributed by atoms with E-state index in [0.29, 0.717) is 22.4 Å². The average Bonchev–Trinajstić information content (AvgIpc) is 2.96. The molecule has 3 aromatic rings. The molecule has 24 heavy (non-hydrogen) atoms. The van der Waals surface area contributed by atoms with Crippen molar-refractivity contribution in [1.82, 2.24) is 9.78 Å².